The lowest BCUT2D eigenvalue weighted by Crippen LogP contribution is -2.46. The summed E-state index contributed by atoms with van der Waals surface area (Å²) >= 11 is 0. The van der Waals surface area contributed by atoms with Gasteiger partial charge in [-0.2, -0.15) is 0 Å². The maximum Gasteiger partial charge on any atom is 0.150 e. The Balaban J connectivity index is 2.06. The average Bonchev–Trinajstić information content (AvgIpc) is 2.29. The molecular formula is C12H22FNO2S. The average molecular weight is 263 g/mol. The number of nitrogens with one attached hydrogen (secondary N) is 1. The van der Waals surface area contributed by atoms with E-state index < -0.39 is 15.5 Å². The van der Waals surface area contributed by atoms with Crippen molar-refractivity contribution in [2.75, 3.05) is 19.3 Å². The summed E-state index contributed by atoms with van der Waals surface area (Å²) in [4.78, 5) is 0. The van der Waals surface area contributed by atoms with Crippen LogP contribution in [0, 0.1) is 5.92 Å². The first kappa shape index (κ1) is 13.3. The molecule has 0 amide bonds. The third-order valence-electron chi connectivity index (χ3n) is 4.40. The van der Waals surface area contributed by atoms with Crippen molar-refractivity contribution in [3.05, 3.63) is 0 Å². The number of alkyl halides is 1. The van der Waals surface area contributed by atoms with E-state index in [-0.39, 0.29) is 11.2 Å². The largest absolute Gasteiger partial charge is 0.316 e. The SMILES string of the molecule is CS(=O)(=O)C1CCCC(C2(F)CCNCC2)C1. The molecule has 1 aliphatic heterocycles. The minimum Gasteiger partial charge on any atom is -0.316 e. The molecular weight excluding hydrogens is 241 g/mol. The van der Waals surface area contributed by atoms with Crippen LogP contribution in [0.1, 0.15) is 38.5 Å². The predicted octanol–water partition coefficient (Wildman–Crippen LogP) is 1.68. The Bertz CT molecular complexity index is 363. The molecule has 100 valence electrons. The van der Waals surface area contributed by atoms with Crippen molar-refractivity contribution in [1.82, 2.24) is 5.32 Å². The molecule has 0 aromatic heterocycles. The highest BCUT2D eigenvalue weighted by Gasteiger charge is 2.43. The number of rotatable bonds is 2. The quantitative estimate of drug-likeness (QED) is 0.824. The molecule has 2 unspecified atom stereocenters. The van der Waals surface area contributed by atoms with Crippen molar-refractivity contribution in [3.8, 4) is 0 Å². The molecule has 2 aliphatic rings. The Hall–Kier alpha value is -0.160. The molecule has 2 fully saturated rings. The molecule has 1 N–H and O–H groups in total. The van der Waals surface area contributed by atoms with Gasteiger partial charge in [0.1, 0.15) is 15.5 Å². The lowest BCUT2D eigenvalue weighted by atomic mass is 9.73. The van der Waals surface area contributed by atoms with Crippen LogP contribution in [0.5, 0.6) is 0 Å². The molecule has 0 radical (unpaired) electrons. The second-order valence-electron chi connectivity index (χ2n) is 5.60. The highest BCUT2D eigenvalue weighted by atomic mass is 32.2. The highest BCUT2D eigenvalue weighted by molar-refractivity contribution is 7.91. The summed E-state index contributed by atoms with van der Waals surface area (Å²) in [6.07, 6.45) is 5.29. The van der Waals surface area contributed by atoms with Crippen LogP contribution in [0.2, 0.25) is 0 Å². The lowest BCUT2D eigenvalue weighted by molar-refractivity contribution is 0.0266. The number of sulfone groups is 1. The number of piperidine rings is 1. The summed E-state index contributed by atoms with van der Waals surface area (Å²) in [5, 5.41) is 2.85. The van der Waals surface area contributed by atoms with Gasteiger partial charge in [0.2, 0.25) is 0 Å². The molecule has 1 saturated heterocycles. The van der Waals surface area contributed by atoms with Gasteiger partial charge < -0.3 is 5.32 Å². The van der Waals surface area contributed by atoms with Crippen LogP contribution in [0.3, 0.4) is 0 Å². The Kier molecular flexibility index (Phi) is 3.78. The van der Waals surface area contributed by atoms with Crippen LogP contribution < -0.4 is 5.32 Å². The van der Waals surface area contributed by atoms with Gasteiger partial charge in [-0.3, -0.25) is 0 Å². The normalized spacial score (nSPS) is 34.5. The van der Waals surface area contributed by atoms with Gasteiger partial charge >= 0.3 is 0 Å². The van der Waals surface area contributed by atoms with Crippen molar-refractivity contribution >= 4 is 9.84 Å². The zero-order valence-electron chi connectivity index (χ0n) is 10.4. The van der Waals surface area contributed by atoms with Crippen LogP contribution in [-0.4, -0.2) is 38.7 Å². The number of hydrogen-bond donors (Lipinski definition) is 1. The Labute approximate surface area is 103 Å². The van der Waals surface area contributed by atoms with Crippen LogP contribution in [0.15, 0.2) is 0 Å². The van der Waals surface area contributed by atoms with Crippen molar-refractivity contribution < 1.29 is 12.8 Å². The van der Waals surface area contributed by atoms with Gasteiger partial charge in [-0.15, -0.1) is 0 Å². The summed E-state index contributed by atoms with van der Waals surface area (Å²) in [6, 6.07) is 0. The molecule has 0 aromatic carbocycles. The van der Waals surface area contributed by atoms with Crippen molar-refractivity contribution in [3.63, 3.8) is 0 Å². The fraction of sp³-hybridized carbons (Fsp3) is 1.00. The summed E-state index contributed by atoms with van der Waals surface area (Å²) < 4.78 is 38.0. The van der Waals surface area contributed by atoms with Crippen molar-refractivity contribution in [2.24, 2.45) is 5.92 Å². The van der Waals surface area contributed by atoms with Crippen LogP contribution in [-0.2, 0) is 9.84 Å². The van der Waals surface area contributed by atoms with Crippen LogP contribution in [0.25, 0.3) is 0 Å². The molecule has 0 aromatic rings. The second kappa shape index (κ2) is 4.84. The highest BCUT2D eigenvalue weighted by Crippen LogP contribution is 2.42. The van der Waals surface area contributed by atoms with Crippen LogP contribution in [0.4, 0.5) is 4.39 Å². The Morgan fingerprint density at radius 1 is 1.24 bits per heavy atom. The van der Waals surface area contributed by atoms with E-state index in [9.17, 15) is 12.8 Å². The molecule has 0 spiro atoms. The summed E-state index contributed by atoms with van der Waals surface area (Å²) in [6.45, 7) is 1.44. The summed E-state index contributed by atoms with van der Waals surface area (Å²) in [5.41, 5.74) is -1.13. The zero-order chi connectivity index (χ0) is 12.5. The molecule has 2 rings (SSSR count). The van der Waals surface area contributed by atoms with Gasteiger partial charge in [-0.1, -0.05) is 6.42 Å². The molecule has 3 nitrogen and oxygen atoms in total. The Morgan fingerprint density at radius 3 is 2.47 bits per heavy atom. The molecule has 0 bridgehead atoms. The van der Waals surface area contributed by atoms with E-state index >= 15 is 0 Å². The van der Waals surface area contributed by atoms with E-state index in [2.05, 4.69) is 5.32 Å². The van der Waals surface area contributed by atoms with E-state index in [1.54, 1.807) is 0 Å². The van der Waals surface area contributed by atoms with Gasteiger partial charge in [0.25, 0.3) is 0 Å². The zero-order valence-corrected chi connectivity index (χ0v) is 11.2. The molecule has 17 heavy (non-hydrogen) atoms. The molecule has 1 saturated carbocycles. The summed E-state index contributed by atoms with van der Waals surface area (Å²) in [7, 11) is -3.01. The smallest absolute Gasteiger partial charge is 0.150 e. The molecule has 2 atom stereocenters. The van der Waals surface area contributed by atoms with Gasteiger partial charge in [-0.25, -0.2) is 12.8 Å². The van der Waals surface area contributed by atoms with Crippen molar-refractivity contribution in [1.29, 1.82) is 0 Å². The molecule has 1 aliphatic carbocycles. The minimum atomic E-state index is -3.01. The van der Waals surface area contributed by atoms with Crippen molar-refractivity contribution in [2.45, 2.75) is 49.4 Å². The Morgan fingerprint density at radius 2 is 1.88 bits per heavy atom. The third kappa shape index (κ3) is 2.99. The second-order valence-corrected chi connectivity index (χ2v) is 7.93. The fourth-order valence-electron chi connectivity index (χ4n) is 3.25. The fourth-order valence-corrected chi connectivity index (χ4v) is 4.43. The van der Waals surface area contributed by atoms with Gasteiger partial charge in [0.05, 0.1) is 5.25 Å². The van der Waals surface area contributed by atoms with E-state index in [1.807, 2.05) is 0 Å². The lowest BCUT2D eigenvalue weighted by Gasteiger charge is -2.41. The summed E-state index contributed by atoms with van der Waals surface area (Å²) in [5.74, 6) is -0.0573. The van der Waals surface area contributed by atoms with E-state index in [1.165, 1.54) is 6.26 Å². The minimum absolute atomic E-state index is 0.0573. The van der Waals surface area contributed by atoms with E-state index in [0.29, 0.717) is 25.7 Å². The van der Waals surface area contributed by atoms with E-state index in [0.717, 1.165) is 25.9 Å². The van der Waals surface area contributed by atoms with E-state index in [4.69, 9.17) is 0 Å². The predicted molar refractivity (Wildman–Crippen MR) is 66.5 cm³/mol. The van der Waals surface area contributed by atoms with Crippen LogP contribution >= 0.6 is 0 Å². The first-order valence-electron chi connectivity index (χ1n) is 6.50. The molecule has 1 heterocycles. The van der Waals surface area contributed by atoms with Gasteiger partial charge in [0.15, 0.2) is 0 Å². The maximum absolute atomic E-state index is 14.8. The number of halogens is 1. The molecule has 5 heteroatoms. The van der Waals surface area contributed by atoms with Gasteiger partial charge in [0, 0.05) is 6.26 Å². The topological polar surface area (TPSA) is 46.2 Å². The first-order valence-corrected chi connectivity index (χ1v) is 8.46. The monoisotopic (exact) mass is 263 g/mol. The maximum atomic E-state index is 14.8. The first-order chi connectivity index (χ1) is 7.92. The third-order valence-corrected chi connectivity index (χ3v) is 6.04. The van der Waals surface area contributed by atoms with Gasteiger partial charge in [-0.05, 0) is 51.1 Å². The standard InChI is InChI=1S/C12H22FNO2S/c1-17(15,16)11-4-2-3-10(9-11)12(13)5-7-14-8-6-12/h10-11,14H,2-9H2,1H3. The number of hydrogen-bond acceptors (Lipinski definition) is 3.